The molecular weight excluding hydrogens is 381 g/mol. The van der Waals surface area contributed by atoms with Gasteiger partial charge < -0.3 is 15.4 Å². The number of nitrogens with zero attached hydrogens (tertiary/aromatic N) is 1. The summed E-state index contributed by atoms with van der Waals surface area (Å²) in [5.41, 5.74) is 2.57. The molecule has 0 aliphatic heterocycles. The number of rotatable bonds is 7. The van der Waals surface area contributed by atoms with Crippen LogP contribution in [-0.4, -0.2) is 24.5 Å². The van der Waals surface area contributed by atoms with Crippen molar-refractivity contribution in [2.45, 2.75) is 6.42 Å². The number of carbonyl (C=O) groups is 1. The quantitative estimate of drug-likeness (QED) is 0.599. The van der Waals surface area contributed by atoms with Gasteiger partial charge in [-0.3, -0.25) is 4.79 Å². The van der Waals surface area contributed by atoms with Crippen LogP contribution in [0.4, 0.5) is 15.8 Å². The molecule has 0 aliphatic carbocycles. The van der Waals surface area contributed by atoms with Crippen molar-refractivity contribution in [3.05, 3.63) is 82.9 Å². The van der Waals surface area contributed by atoms with Gasteiger partial charge in [-0.25, -0.2) is 9.37 Å². The molecule has 3 rings (SSSR count). The molecule has 0 saturated carbocycles. The molecule has 7 heteroatoms. The standard InChI is InChI=1S/C21H19ClFN3O2/c1-28-20-9-4-15(22)12-19(20)26-21(27)18-8-7-17(13-25-18)24-11-10-14-2-5-16(23)6-3-14/h2-9,12-13,24H,10-11H2,1H3,(H,26,27). The highest BCUT2D eigenvalue weighted by molar-refractivity contribution is 6.31. The molecule has 1 amide bonds. The van der Waals surface area contributed by atoms with Gasteiger partial charge in [-0.1, -0.05) is 23.7 Å². The van der Waals surface area contributed by atoms with Gasteiger partial charge in [0.25, 0.3) is 5.91 Å². The number of aromatic nitrogens is 1. The number of anilines is 2. The molecule has 0 spiro atoms. The van der Waals surface area contributed by atoms with Crippen LogP contribution < -0.4 is 15.4 Å². The summed E-state index contributed by atoms with van der Waals surface area (Å²) in [6.45, 7) is 0.665. The Balaban J connectivity index is 1.57. The van der Waals surface area contributed by atoms with Crippen molar-refractivity contribution in [1.82, 2.24) is 4.98 Å². The summed E-state index contributed by atoms with van der Waals surface area (Å²) >= 11 is 5.98. The zero-order chi connectivity index (χ0) is 19.9. The summed E-state index contributed by atoms with van der Waals surface area (Å²) in [5, 5.41) is 6.46. The second-order valence-corrected chi connectivity index (χ2v) is 6.47. The molecule has 0 atom stereocenters. The molecule has 2 aromatic carbocycles. The fraction of sp³-hybridized carbons (Fsp3) is 0.143. The summed E-state index contributed by atoms with van der Waals surface area (Å²) < 4.78 is 18.1. The topological polar surface area (TPSA) is 63.2 Å². The lowest BCUT2D eigenvalue weighted by Crippen LogP contribution is -2.14. The van der Waals surface area contributed by atoms with Crippen molar-refractivity contribution in [3.8, 4) is 5.75 Å². The number of halogens is 2. The largest absolute Gasteiger partial charge is 0.495 e. The van der Waals surface area contributed by atoms with Crippen LogP contribution in [0.5, 0.6) is 5.75 Å². The highest BCUT2D eigenvalue weighted by Crippen LogP contribution is 2.28. The molecule has 3 aromatic rings. The molecule has 1 aromatic heterocycles. The number of hydrogen-bond acceptors (Lipinski definition) is 4. The highest BCUT2D eigenvalue weighted by atomic mass is 35.5. The minimum atomic E-state index is -0.363. The number of methoxy groups -OCH3 is 1. The van der Waals surface area contributed by atoms with Gasteiger partial charge in [-0.05, 0) is 54.4 Å². The van der Waals surface area contributed by atoms with E-state index in [1.807, 2.05) is 0 Å². The van der Waals surface area contributed by atoms with E-state index in [4.69, 9.17) is 16.3 Å². The van der Waals surface area contributed by atoms with E-state index >= 15 is 0 Å². The Morgan fingerprint density at radius 3 is 2.61 bits per heavy atom. The van der Waals surface area contributed by atoms with Crippen molar-refractivity contribution < 1.29 is 13.9 Å². The molecule has 2 N–H and O–H groups in total. The maximum Gasteiger partial charge on any atom is 0.274 e. The first-order valence-electron chi connectivity index (χ1n) is 8.64. The zero-order valence-electron chi connectivity index (χ0n) is 15.2. The Kier molecular flexibility index (Phi) is 6.45. The van der Waals surface area contributed by atoms with Gasteiger partial charge in [0.1, 0.15) is 17.3 Å². The highest BCUT2D eigenvalue weighted by Gasteiger charge is 2.11. The molecule has 0 saturated heterocycles. The molecular formula is C21H19ClFN3O2. The van der Waals surface area contributed by atoms with E-state index in [9.17, 15) is 9.18 Å². The van der Waals surface area contributed by atoms with E-state index in [0.29, 0.717) is 23.0 Å². The molecule has 1 heterocycles. The second-order valence-electron chi connectivity index (χ2n) is 6.03. The summed E-state index contributed by atoms with van der Waals surface area (Å²) in [6, 6.07) is 14.8. The number of carbonyl (C=O) groups excluding carboxylic acids is 1. The Morgan fingerprint density at radius 2 is 1.93 bits per heavy atom. The molecule has 0 bridgehead atoms. The minimum Gasteiger partial charge on any atom is -0.495 e. The fourth-order valence-corrected chi connectivity index (χ4v) is 2.77. The lowest BCUT2D eigenvalue weighted by Gasteiger charge is -2.11. The van der Waals surface area contributed by atoms with Crippen LogP contribution in [0.3, 0.4) is 0 Å². The van der Waals surface area contributed by atoms with Gasteiger partial charge in [-0.15, -0.1) is 0 Å². The molecule has 0 radical (unpaired) electrons. The molecule has 0 aliphatic rings. The first-order valence-corrected chi connectivity index (χ1v) is 9.02. The molecule has 0 fully saturated rings. The van der Waals surface area contributed by atoms with Crippen LogP contribution in [0, 0.1) is 5.82 Å². The van der Waals surface area contributed by atoms with Crippen molar-refractivity contribution in [2.24, 2.45) is 0 Å². The Labute approximate surface area is 167 Å². The van der Waals surface area contributed by atoms with Gasteiger partial charge in [-0.2, -0.15) is 0 Å². The van der Waals surface area contributed by atoms with E-state index in [0.717, 1.165) is 17.7 Å². The maximum absolute atomic E-state index is 12.9. The fourth-order valence-electron chi connectivity index (χ4n) is 2.60. The van der Waals surface area contributed by atoms with E-state index in [1.54, 1.807) is 48.7 Å². The predicted octanol–water partition coefficient (Wildman–Crippen LogP) is 4.79. The average molecular weight is 400 g/mol. The van der Waals surface area contributed by atoms with Crippen LogP contribution in [0.1, 0.15) is 16.1 Å². The number of hydrogen-bond donors (Lipinski definition) is 2. The maximum atomic E-state index is 12.9. The lowest BCUT2D eigenvalue weighted by molar-refractivity contribution is 0.102. The van der Waals surface area contributed by atoms with Gasteiger partial charge >= 0.3 is 0 Å². The Hall–Kier alpha value is -3.12. The monoisotopic (exact) mass is 399 g/mol. The first-order chi connectivity index (χ1) is 13.5. The summed E-state index contributed by atoms with van der Waals surface area (Å²) in [6.07, 6.45) is 2.34. The molecule has 5 nitrogen and oxygen atoms in total. The van der Waals surface area contributed by atoms with E-state index < -0.39 is 0 Å². The Morgan fingerprint density at radius 1 is 1.14 bits per heavy atom. The molecule has 28 heavy (non-hydrogen) atoms. The number of nitrogens with one attached hydrogen (secondary N) is 2. The van der Waals surface area contributed by atoms with Crippen LogP contribution in [-0.2, 0) is 6.42 Å². The van der Waals surface area contributed by atoms with Crippen molar-refractivity contribution in [1.29, 1.82) is 0 Å². The van der Waals surface area contributed by atoms with E-state index in [-0.39, 0.29) is 17.4 Å². The third-order valence-corrected chi connectivity index (χ3v) is 4.30. The number of amides is 1. The third-order valence-electron chi connectivity index (χ3n) is 4.06. The second kappa shape index (κ2) is 9.19. The number of pyridine rings is 1. The van der Waals surface area contributed by atoms with Crippen LogP contribution in [0.15, 0.2) is 60.8 Å². The zero-order valence-corrected chi connectivity index (χ0v) is 16.0. The first kappa shape index (κ1) is 19.6. The molecule has 0 unspecified atom stereocenters. The van der Waals surface area contributed by atoms with Crippen LogP contribution in [0.2, 0.25) is 5.02 Å². The normalized spacial score (nSPS) is 10.4. The van der Waals surface area contributed by atoms with Gasteiger partial charge in [0.2, 0.25) is 0 Å². The lowest BCUT2D eigenvalue weighted by atomic mass is 10.1. The van der Waals surface area contributed by atoms with E-state index in [1.165, 1.54) is 19.2 Å². The van der Waals surface area contributed by atoms with Gasteiger partial charge in [0.15, 0.2) is 0 Å². The predicted molar refractivity (Wildman–Crippen MR) is 109 cm³/mol. The van der Waals surface area contributed by atoms with Crippen LogP contribution in [0.25, 0.3) is 0 Å². The summed E-state index contributed by atoms with van der Waals surface area (Å²) in [5.74, 6) is -0.0968. The average Bonchev–Trinajstić information content (AvgIpc) is 2.70. The van der Waals surface area contributed by atoms with Gasteiger partial charge in [0.05, 0.1) is 24.7 Å². The van der Waals surface area contributed by atoms with Crippen LogP contribution >= 0.6 is 11.6 Å². The minimum absolute atomic E-state index is 0.245. The van der Waals surface area contributed by atoms with E-state index in [2.05, 4.69) is 15.6 Å². The summed E-state index contributed by atoms with van der Waals surface area (Å²) in [4.78, 5) is 16.6. The van der Waals surface area contributed by atoms with Gasteiger partial charge in [0, 0.05) is 11.6 Å². The smallest absolute Gasteiger partial charge is 0.274 e. The number of benzene rings is 2. The summed E-state index contributed by atoms with van der Waals surface area (Å²) in [7, 11) is 1.52. The van der Waals surface area contributed by atoms with Crippen molar-refractivity contribution in [3.63, 3.8) is 0 Å². The van der Waals surface area contributed by atoms with Crippen molar-refractivity contribution in [2.75, 3.05) is 24.3 Å². The molecule has 144 valence electrons. The SMILES string of the molecule is COc1ccc(Cl)cc1NC(=O)c1ccc(NCCc2ccc(F)cc2)cn1. The van der Waals surface area contributed by atoms with Crippen molar-refractivity contribution >= 4 is 28.9 Å². The Bertz CT molecular complexity index is 947. The number of ether oxygens (including phenoxy) is 1. The third kappa shape index (κ3) is 5.20.